The highest BCUT2D eigenvalue weighted by atomic mass is 16.5. The molecule has 0 spiro atoms. The van der Waals surface area contributed by atoms with Crippen LogP contribution in [0.1, 0.15) is 26.2 Å². The van der Waals surface area contributed by atoms with Gasteiger partial charge in [0.2, 0.25) is 5.91 Å². The van der Waals surface area contributed by atoms with E-state index in [0.717, 1.165) is 25.1 Å². The van der Waals surface area contributed by atoms with Crippen LogP contribution in [0.25, 0.3) is 0 Å². The van der Waals surface area contributed by atoms with Gasteiger partial charge in [-0.15, -0.1) is 0 Å². The van der Waals surface area contributed by atoms with Crippen molar-refractivity contribution in [3.8, 4) is 11.5 Å². The summed E-state index contributed by atoms with van der Waals surface area (Å²) in [5.41, 5.74) is 0.690. The molecule has 0 aliphatic carbocycles. The number of anilines is 1. The Morgan fingerprint density at radius 1 is 1.00 bits per heavy atom. The summed E-state index contributed by atoms with van der Waals surface area (Å²) < 4.78 is 5.84. The summed E-state index contributed by atoms with van der Waals surface area (Å²) >= 11 is 0. The molecule has 0 atom stereocenters. The maximum absolute atomic E-state index is 12.0. The van der Waals surface area contributed by atoms with Crippen LogP contribution in [0.3, 0.4) is 0 Å². The monoisotopic (exact) mass is 312 g/mol. The fraction of sp³-hybridized carbons (Fsp3) is 0.316. The molecule has 0 aliphatic rings. The Balaban J connectivity index is 1.88. The Hall–Kier alpha value is -2.33. The molecule has 2 rings (SSSR count). The van der Waals surface area contributed by atoms with Gasteiger partial charge >= 0.3 is 0 Å². The van der Waals surface area contributed by atoms with Crippen LogP contribution in [0.15, 0.2) is 54.6 Å². The van der Waals surface area contributed by atoms with Gasteiger partial charge in [-0.1, -0.05) is 43.7 Å². The van der Waals surface area contributed by atoms with E-state index >= 15 is 0 Å². The molecule has 0 saturated heterocycles. The van der Waals surface area contributed by atoms with Gasteiger partial charge in [0, 0.05) is 13.0 Å². The molecule has 1 amide bonds. The van der Waals surface area contributed by atoms with Crippen LogP contribution in [-0.4, -0.2) is 19.0 Å². The summed E-state index contributed by atoms with van der Waals surface area (Å²) in [7, 11) is 0. The molecule has 0 fully saturated rings. The van der Waals surface area contributed by atoms with Crippen LogP contribution >= 0.6 is 0 Å². The summed E-state index contributed by atoms with van der Waals surface area (Å²) in [4.78, 5) is 12.0. The van der Waals surface area contributed by atoms with E-state index in [9.17, 15) is 4.79 Å². The second-order valence-electron chi connectivity index (χ2n) is 5.31. The van der Waals surface area contributed by atoms with E-state index < -0.39 is 0 Å². The molecule has 2 aromatic rings. The molecule has 0 bridgehead atoms. The lowest BCUT2D eigenvalue weighted by Gasteiger charge is -2.12. The predicted octanol–water partition coefficient (Wildman–Crippen LogP) is 4.20. The van der Waals surface area contributed by atoms with Crippen LogP contribution in [0, 0.1) is 0 Å². The molecule has 0 saturated carbocycles. The number of amides is 1. The largest absolute Gasteiger partial charge is 0.455 e. The Labute approximate surface area is 137 Å². The van der Waals surface area contributed by atoms with E-state index in [2.05, 4.69) is 17.6 Å². The van der Waals surface area contributed by atoms with Crippen molar-refractivity contribution in [1.29, 1.82) is 0 Å². The average molecular weight is 312 g/mol. The van der Waals surface area contributed by atoms with E-state index in [1.54, 1.807) is 0 Å². The number of benzene rings is 2. The van der Waals surface area contributed by atoms with Crippen LogP contribution in [0.4, 0.5) is 5.69 Å². The molecule has 2 aromatic carbocycles. The number of ether oxygens (including phenoxy) is 1. The number of carbonyl (C=O) groups is 1. The van der Waals surface area contributed by atoms with Crippen molar-refractivity contribution < 1.29 is 9.53 Å². The first kappa shape index (κ1) is 17.0. The van der Waals surface area contributed by atoms with Crippen molar-refractivity contribution >= 4 is 11.6 Å². The number of unbranched alkanes of at least 4 members (excludes halogenated alkanes) is 1. The molecule has 0 aliphatic heterocycles. The van der Waals surface area contributed by atoms with Gasteiger partial charge in [-0.05, 0) is 37.2 Å². The van der Waals surface area contributed by atoms with E-state index in [-0.39, 0.29) is 5.91 Å². The van der Waals surface area contributed by atoms with Crippen molar-refractivity contribution in [1.82, 2.24) is 5.32 Å². The fourth-order valence-electron chi connectivity index (χ4n) is 2.12. The number of nitrogens with one attached hydrogen (secondary N) is 2. The molecular weight excluding hydrogens is 288 g/mol. The number of rotatable bonds is 9. The lowest BCUT2D eigenvalue weighted by molar-refractivity contribution is -0.116. The molecule has 2 N–H and O–H groups in total. The summed E-state index contributed by atoms with van der Waals surface area (Å²) in [5.74, 6) is 1.37. The minimum absolute atomic E-state index is 0.0156. The van der Waals surface area contributed by atoms with Gasteiger partial charge in [0.25, 0.3) is 0 Å². The summed E-state index contributed by atoms with van der Waals surface area (Å²) in [6.07, 6.45) is 2.74. The normalized spacial score (nSPS) is 10.3. The van der Waals surface area contributed by atoms with E-state index in [1.807, 2.05) is 54.6 Å². The van der Waals surface area contributed by atoms with Crippen molar-refractivity contribution in [2.45, 2.75) is 26.2 Å². The third-order valence-corrected chi connectivity index (χ3v) is 3.37. The average Bonchev–Trinajstić information content (AvgIpc) is 2.57. The third-order valence-electron chi connectivity index (χ3n) is 3.37. The zero-order valence-electron chi connectivity index (χ0n) is 13.5. The van der Waals surface area contributed by atoms with Crippen LogP contribution in [0.5, 0.6) is 11.5 Å². The lowest BCUT2D eigenvalue weighted by Crippen LogP contribution is -2.22. The highest BCUT2D eigenvalue weighted by molar-refractivity contribution is 5.92. The zero-order chi connectivity index (χ0) is 16.3. The quantitative estimate of drug-likeness (QED) is 0.682. The molecule has 0 unspecified atom stereocenters. The molecule has 0 heterocycles. The Kier molecular flexibility index (Phi) is 7.14. The number of hydrogen-bond donors (Lipinski definition) is 2. The Morgan fingerprint density at radius 3 is 2.52 bits per heavy atom. The fourth-order valence-corrected chi connectivity index (χ4v) is 2.12. The van der Waals surface area contributed by atoms with Crippen molar-refractivity contribution in [2.24, 2.45) is 0 Å². The Bertz CT molecular complexity index is 599. The van der Waals surface area contributed by atoms with E-state index in [0.29, 0.717) is 24.4 Å². The predicted molar refractivity (Wildman–Crippen MR) is 94.0 cm³/mol. The van der Waals surface area contributed by atoms with Crippen LogP contribution in [-0.2, 0) is 4.79 Å². The minimum atomic E-state index is -0.0156. The molecule has 4 nitrogen and oxygen atoms in total. The topological polar surface area (TPSA) is 50.4 Å². The third kappa shape index (κ3) is 6.12. The SMILES string of the molecule is CCCCNCCC(=O)Nc1ccccc1Oc1ccccc1. The first-order valence-electron chi connectivity index (χ1n) is 8.12. The molecular formula is C19H24N2O2. The number of hydrogen-bond acceptors (Lipinski definition) is 3. The maximum Gasteiger partial charge on any atom is 0.225 e. The van der Waals surface area contributed by atoms with Crippen molar-refractivity contribution in [3.05, 3.63) is 54.6 Å². The Morgan fingerprint density at radius 2 is 1.74 bits per heavy atom. The minimum Gasteiger partial charge on any atom is -0.455 e. The molecule has 0 radical (unpaired) electrons. The van der Waals surface area contributed by atoms with Crippen molar-refractivity contribution in [2.75, 3.05) is 18.4 Å². The second kappa shape index (κ2) is 9.64. The van der Waals surface area contributed by atoms with Gasteiger partial charge < -0.3 is 15.4 Å². The highest BCUT2D eigenvalue weighted by Crippen LogP contribution is 2.29. The maximum atomic E-state index is 12.0. The highest BCUT2D eigenvalue weighted by Gasteiger charge is 2.08. The molecule has 122 valence electrons. The standard InChI is InChI=1S/C19H24N2O2/c1-2-3-14-20-15-13-19(22)21-17-11-7-8-12-18(17)23-16-9-5-4-6-10-16/h4-12,20H,2-3,13-15H2,1H3,(H,21,22). The van der Waals surface area contributed by atoms with Gasteiger partial charge in [-0.3, -0.25) is 4.79 Å². The smallest absolute Gasteiger partial charge is 0.225 e. The summed E-state index contributed by atoms with van der Waals surface area (Å²) in [6.45, 7) is 3.79. The lowest BCUT2D eigenvalue weighted by atomic mass is 10.2. The molecule has 23 heavy (non-hydrogen) atoms. The van der Waals surface area contributed by atoms with Crippen LogP contribution in [0.2, 0.25) is 0 Å². The van der Waals surface area contributed by atoms with Gasteiger partial charge in [0.1, 0.15) is 5.75 Å². The molecule has 4 heteroatoms. The number of para-hydroxylation sites is 3. The first-order chi connectivity index (χ1) is 11.3. The van der Waals surface area contributed by atoms with Gasteiger partial charge in [-0.2, -0.15) is 0 Å². The van der Waals surface area contributed by atoms with Crippen LogP contribution < -0.4 is 15.4 Å². The number of carbonyl (C=O) groups excluding carboxylic acids is 1. The second-order valence-corrected chi connectivity index (χ2v) is 5.31. The summed E-state index contributed by atoms with van der Waals surface area (Å²) in [6, 6.07) is 17.0. The zero-order valence-corrected chi connectivity index (χ0v) is 13.5. The van der Waals surface area contributed by atoms with E-state index in [4.69, 9.17) is 4.74 Å². The molecule has 0 aromatic heterocycles. The van der Waals surface area contributed by atoms with E-state index in [1.165, 1.54) is 0 Å². The van der Waals surface area contributed by atoms with Gasteiger partial charge in [0.15, 0.2) is 5.75 Å². The van der Waals surface area contributed by atoms with Gasteiger partial charge in [-0.25, -0.2) is 0 Å². The summed E-state index contributed by atoms with van der Waals surface area (Å²) in [5, 5.41) is 6.18. The van der Waals surface area contributed by atoms with Crippen molar-refractivity contribution in [3.63, 3.8) is 0 Å². The van der Waals surface area contributed by atoms with Gasteiger partial charge in [0.05, 0.1) is 5.69 Å². The first-order valence-corrected chi connectivity index (χ1v) is 8.12.